The number of amides is 2. The molecule has 0 aliphatic carbocycles. The largest absolute Gasteiger partial charge is 0.336 e. The molecule has 2 aromatic rings. The number of ketones is 1. The average molecular weight is 504 g/mol. The molecule has 6 atom stereocenters. The monoisotopic (exact) mass is 503 g/mol. The summed E-state index contributed by atoms with van der Waals surface area (Å²) in [5.41, 5.74) is 2.70. The van der Waals surface area contributed by atoms with Crippen LogP contribution in [-0.4, -0.2) is 71.5 Å². The minimum absolute atomic E-state index is 0.0148. The quantitative estimate of drug-likeness (QED) is 0.592. The van der Waals surface area contributed by atoms with Crippen LogP contribution in [-0.2, 0) is 6.54 Å². The maximum Gasteiger partial charge on any atom is 0.319 e. The first-order valence-electron chi connectivity index (χ1n) is 13.7. The third-order valence-corrected chi connectivity index (χ3v) is 9.11. The number of hydrogen-bond acceptors (Lipinski definition) is 5. The molecule has 4 fully saturated rings. The first-order valence-corrected chi connectivity index (χ1v) is 13.7. The molecule has 5 aliphatic heterocycles. The lowest BCUT2D eigenvalue weighted by Crippen LogP contribution is -2.59. The smallest absolute Gasteiger partial charge is 0.319 e. The molecule has 5 aliphatic rings. The average Bonchev–Trinajstić information content (AvgIpc) is 2.89. The number of urea groups is 1. The Morgan fingerprint density at radius 1 is 1.00 bits per heavy atom. The molecule has 0 radical (unpaired) electrons. The highest BCUT2D eigenvalue weighted by molar-refractivity contribution is 5.95. The van der Waals surface area contributed by atoms with Gasteiger partial charge in [-0.15, -0.1) is 0 Å². The van der Waals surface area contributed by atoms with Gasteiger partial charge in [0.25, 0.3) is 5.56 Å². The molecule has 1 aromatic carbocycles. The van der Waals surface area contributed by atoms with E-state index in [1.807, 2.05) is 10.6 Å². The molecule has 2 N–H and O–H groups in total. The molecule has 8 nitrogen and oxygen atoms in total. The Balaban J connectivity index is 1.000. The fraction of sp³-hybridized carbons (Fsp3) is 0.552. The van der Waals surface area contributed by atoms with Crippen LogP contribution in [0.4, 0.5) is 10.5 Å². The van der Waals surface area contributed by atoms with Crippen LogP contribution in [0.1, 0.15) is 48.2 Å². The van der Waals surface area contributed by atoms with Gasteiger partial charge >= 0.3 is 6.03 Å². The summed E-state index contributed by atoms with van der Waals surface area (Å²) >= 11 is 0. The number of anilines is 1. The highest BCUT2D eigenvalue weighted by Gasteiger charge is 2.42. The normalized spacial score (nSPS) is 30.4. The van der Waals surface area contributed by atoms with Crippen molar-refractivity contribution in [2.75, 3.05) is 44.6 Å². The van der Waals surface area contributed by atoms with Crippen molar-refractivity contribution in [1.29, 1.82) is 0 Å². The van der Waals surface area contributed by atoms with Gasteiger partial charge < -0.3 is 20.1 Å². The van der Waals surface area contributed by atoms with Crippen LogP contribution in [0.25, 0.3) is 0 Å². The molecule has 37 heavy (non-hydrogen) atoms. The van der Waals surface area contributed by atoms with Crippen LogP contribution in [0.5, 0.6) is 0 Å². The predicted molar refractivity (Wildman–Crippen MR) is 143 cm³/mol. The molecular weight excluding hydrogens is 466 g/mol. The minimum atomic E-state index is -0.200. The van der Waals surface area contributed by atoms with E-state index in [9.17, 15) is 14.4 Å². The predicted octanol–water partition coefficient (Wildman–Crippen LogP) is 3.00. The number of hydrogen-bond donors (Lipinski definition) is 2. The van der Waals surface area contributed by atoms with Crippen molar-refractivity contribution in [2.45, 2.75) is 44.7 Å². The highest BCUT2D eigenvalue weighted by atomic mass is 16.2. The van der Waals surface area contributed by atoms with Gasteiger partial charge in [-0.2, -0.15) is 0 Å². The summed E-state index contributed by atoms with van der Waals surface area (Å²) in [6.07, 6.45) is 3.59. The van der Waals surface area contributed by atoms with E-state index < -0.39 is 0 Å². The highest BCUT2D eigenvalue weighted by Crippen LogP contribution is 2.39. The third-order valence-electron chi connectivity index (χ3n) is 9.11. The molecular formula is C29H37N5O3. The van der Waals surface area contributed by atoms with E-state index in [-0.39, 0.29) is 17.4 Å². The molecule has 4 bridgehead atoms. The van der Waals surface area contributed by atoms with Crippen LogP contribution >= 0.6 is 0 Å². The lowest BCUT2D eigenvalue weighted by molar-refractivity contribution is -0.0192. The van der Waals surface area contributed by atoms with Gasteiger partial charge in [0, 0.05) is 74.2 Å². The second kappa shape index (κ2) is 10.1. The number of nitrogens with zero attached hydrogens (tertiary/aromatic N) is 3. The number of fused-ring (bicyclic) bond motifs is 7. The maximum absolute atomic E-state index is 12.5. The molecule has 0 saturated carbocycles. The number of aromatic nitrogens is 1. The van der Waals surface area contributed by atoms with Crippen molar-refractivity contribution >= 4 is 17.5 Å². The molecule has 4 saturated heterocycles. The van der Waals surface area contributed by atoms with E-state index in [2.05, 4.69) is 26.5 Å². The number of rotatable bonds is 6. The van der Waals surface area contributed by atoms with Crippen molar-refractivity contribution in [1.82, 2.24) is 19.7 Å². The van der Waals surface area contributed by atoms with Crippen LogP contribution < -0.4 is 16.2 Å². The fourth-order valence-corrected chi connectivity index (χ4v) is 7.32. The molecule has 0 spiro atoms. The molecule has 2 amide bonds. The minimum Gasteiger partial charge on any atom is -0.336 e. The van der Waals surface area contributed by atoms with E-state index in [1.165, 1.54) is 25.5 Å². The lowest BCUT2D eigenvalue weighted by Gasteiger charge is -2.52. The van der Waals surface area contributed by atoms with Gasteiger partial charge in [-0.25, -0.2) is 4.79 Å². The van der Waals surface area contributed by atoms with E-state index in [4.69, 9.17) is 0 Å². The second-order valence-electron chi connectivity index (χ2n) is 11.6. The van der Waals surface area contributed by atoms with E-state index in [0.29, 0.717) is 47.5 Å². The van der Waals surface area contributed by atoms with Gasteiger partial charge in [-0.1, -0.05) is 6.07 Å². The lowest BCUT2D eigenvalue weighted by atomic mass is 9.74. The van der Waals surface area contributed by atoms with Crippen LogP contribution in [0.3, 0.4) is 0 Å². The van der Waals surface area contributed by atoms with Gasteiger partial charge in [-0.05, 0) is 80.8 Å². The van der Waals surface area contributed by atoms with Crippen LogP contribution in [0, 0.1) is 17.8 Å². The number of carbonyl (C=O) groups excluding carboxylic acids is 2. The van der Waals surface area contributed by atoms with Crippen LogP contribution in [0.15, 0.2) is 47.3 Å². The zero-order valence-corrected chi connectivity index (χ0v) is 21.6. The van der Waals surface area contributed by atoms with Crippen molar-refractivity contribution in [3.8, 4) is 0 Å². The molecule has 1 unspecified atom stereocenters. The summed E-state index contributed by atoms with van der Waals surface area (Å²) in [6, 6.07) is 12.9. The Morgan fingerprint density at radius 2 is 1.84 bits per heavy atom. The van der Waals surface area contributed by atoms with Gasteiger partial charge in [0.15, 0.2) is 5.78 Å². The zero-order chi connectivity index (χ0) is 25.5. The van der Waals surface area contributed by atoms with Gasteiger partial charge in [0.2, 0.25) is 0 Å². The second-order valence-corrected chi connectivity index (χ2v) is 11.6. The topological polar surface area (TPSA) is 86.7 Å². The number of pyridine rings is 1. The summed E-state index contributed by atoms with van der Waals surface area (Å²) < 4.78 is 2.01. The Morgan fingerprint density at radius 3 is 2.59 bits per heavy atom. The number of likely N-dealkylation sites (tertiary alicyclic amines) is 1. The zero-order valence-electron chi connectivity index (χ0n) is 21.6. The molecule has 196 valence electrons. The Hall–Kier alpha value is -2.97. The van der Waals surface area contributed by atoms with E-state index in [0.717, 1.165) is 45.7 Å². The Kier molecular flexibility index (Phi) is 6.63. The first-order chi connectivity index (χ1) is 17.9. The molecule has 6 heterocycles. The van der Waals surface area contributed by atoms with Crippen molar-refractivity contribution in [3.63, 3.8) is 0 Å². The summed E-state index contributed by atoms with van der Waals surface area (Å²) in [4.78, 5) is 41.5. The maximum atomic E-state index is 12.5. The molecule has 8 heteroatoms. The molecule has 7 rings (SSSR count). The summed E-state index contributed by atoms with van der Waals surface area (Å²) in [5, 5.41) is 5.94. The third kappa shape index (κ3) is 5.09. The van der Waals surface area contributed by atoms with Gasteiger partial charge in [0.1, 0.15) is 0 Å². The standard InChI is InChI=1S/C29H37N5O3/c1-19(35)21-5-7-25(8-6-21)31-29(37)30-13-26-12-22-9-10-33(26)18-24(22)17-32-14-20-11-23(16-32)27-3-2-4-28(36)34(27)15-20/h2-8,20,22-24,26H,9-18H2,1H3,(H2,30,31,37)/t20-,22-,23+,24-,26+/m0/s1. The Bertz CT molecular complexity index is 1220. The van der Waals surface area contributed by atoms with Crippen molar-refractivity contribution < 1.29 is 9.59 Å². The number of benzene rings is 1. The SMILES string of the molecule is CC(=O)c1ccc(NC(=O)NC[C@H]2C[C@@H]3CCN2C[C@@H]3CN2C[C@@H]3C[C@H](C2)c2cccc(=O)n2C3)cc1. The van der Waals surface area contributed by atoms with Gasteiger partial charge in [0.05, 0.1) is 0 Å². The summed E-state index contributed by atoms with van der Waals surface area (Å²) in [7, 11) is 0. The van der Waals surface area contributed by atoms with Crippen LogP contribution in [0.2, 0.25) is 0 Å². The number of carbonyl (C=O) groups is 2. The van der Waals surface area contributed by atoms with Crippen molar-refractivity contribution in [2.24, 2.45) is 17.8 Å². The van der Waals surface area contributed by atoms with E-state index >= 15 is 0 Å². The van der Waals surface area contributed by atoms with E-state index in [1.54, 1.807) is 30.3 Å². The van der Waals surface area contributed by atoms with Gasteiger partial charge in [-0.3, -0.25) is 14.5 Å². The molecule has 1 aromatic heterocycles. The number of Topliss-reactive ketones (excluding diaryl/α,β-unsaturated/α-hetero) is 1. The summed E-state index contributed by atoms with van der Waals surface area (Å²) in [5.74, 6) is 2.44. The Labute approximate surface area is 218 Å². The number of nitrogens with one attached hydrogen (secondary N) is 2. The summed E-state index contributed by atoms with van der Waals surface area (Å²) in [6.45, 7) is 8.56. The number of piperidine rings is 4. The fourth-order valence-electron chi connectivity index (χ4n) is 7.32. The first kappa shape index (κ1) is 24.4. The van der Waals surface area contributed by atoms with Crippen molar-refractivity contribution in [3.05, 3.63) is 64.1 Å².